The summed E-state index contributed by atoms with van der Waals surface area (Å²) in [5.41, 5.74) is 0.431. The minimum atomic E-state index is -1.09. The Hall–Kier alpha value is -1.06. The van der Waals surface area contributed by atoms with E-state index in [1.807, 2.05) is 26.8 Å². The third-order valence-corrected chi connectivity index (χ3v) is 7.65. The fourth-order valence-corrected chi connectivity index (χ4v) is 7.39. The molecule has 0 saturated carbocycles. The number of ether oxygens (including phenoxy) is 3. The van der Waals surface area contributed by atoms with Gasteiger partial charge in [-0.15, -0.1) is 0 Å². The van der Waals surface area contributed by atoms with Gasteiger partial charge in [-0.2, -0.15) is 0 Å². The molecule has 1 aliphatic rings. The van der Waals surface area contributed by atoms with Gasteiger partial charge >= 0.3 is 6.09 Å². The fraction of sp³-hybridized carbons (Fsp3) is 0.533. The summed E-state index contributed by atoms with van der Waals surface area (Å²) in [6.07, 6.45) is 0.123. The molecule has 6 nitrogen and oxygen atoms in total. The highest BCUT2D eigenvalue weighted by molar-refractivity contribution is 9.03. The average molecular weight is 392 g/mol. The molecule has 1 atom stereocenters. The van der Waals surface area contributed by atoms with Crippen LogP contribution in [0.4, 0.5) is 4.79 Å². The van der Waals surface area contributed by atoms with Gasteiger partial charge in [0.05, 0.1) is 19.1 Å². The Labute approximate surface area is 151 Å². The van der Waals surface area contributed by atoms with E-state index in [9.17, 15) is 9.00 Å². The molecule has 0 aromatic heterocycles. The molecular weight excluding hydrogens is 370 g/mol. The lowest BCUT2D eigenvalue weighted by atomic mass is 10.1. The third kappa shape index (κ3) is 4.73. The number of carbonyl (C=O) groups excluding carboxylic acids is 1. The van der Waals surface area contributed by atoms with E-state index in [-0.39, 0.29) is 0 Å². The summed E-state index contributed by atoms with van der Waals surface area (Å²) in [6.45, 7) is 5.86. The molecule has 9 heteroatoms. The Morgan fingerprint density at radius 2 is 1.88 bits per heavy atom. The fourth-order valence-electron chi connectivity index (χ4n) is 2.11. The highest BCUT2D eigenvalue weighted by Gasteiger charge is 2.29. The van der Waals surface area contributed by atoms with Crippen molar-refractivity contribution in [2.45, 2.75) is 42.6 Å². The van der Waals surface area contributed by atoms with E-state index >= 15 is 0 Å². The smallest absolute Gasteiger partial charge is 0.407 e. The summed E-state index contributed by atoms with van der Waals surface area (Å²) < 4.78 is 27.9. The van der Waals surface area contributed by atoms with Gasteiger partial charge in [0.15, 0.2) is 20.4 Å². The van der Waals surface area contributed by atoms with Crippen LogP contribution in [0.3, 0.4) is 0 Å². The average Bonchev–Trinajstić information content (AvgIpc) is 2.86. The van der Waals surface area contributed by atoms with Crippen molar-refractivity contribution >= 4 is 36.5 Å². The molecule has 0 saturated heterocycles. The first-order chi connectivity index (χ1) is 11.2. The molecule has 0 bridgehead atoms. The summed E-state index contributed by atoms with van der Waals surface area (Å²) in [5.74, 6) is 1.19. The topological polar surface area (TPSA) is 73.9 Å². The zero-order valence-electron chi connectivity index (χ0n) is 14.3. The summed E-state index contributed by atoms with van der Waals surface area (Å²) in [5, 5.41) is 2.73. The van der Waals surface area contributed by atoms with Crippen molar-refractivity contribution in [3.63, 3.8) is 0 Å². The van der Waals surface area contributed by atoms with Crippen LogP contribution in [0.1, 0.15) is 26.3 Å². The number of fused-ring (bicyclic) bond motifs is 1. The largest absolute Gasteiger partial charge is 0.493 e. The highest BCUT2D eigenvalue weighted by atomic mass is 33.5. The maximum Gasteiger partial charge on any atom is 0.407 e. The van der Waals surface area contributed by atoms with Crippen molar-refractivity contribution in [3.8, 4) is 11.5 Å². The van der Waals surface area contributed by atoms with E-state index < -0.39 is 20.6 Å². The van der Waals surface area contributed by atoms with Crippen molar-refractivity contribution in [1.29, 1.82) is 0 Å². The number of hydrogen-bond donors (Lipinski definition) is 1. The van der Waals surface area contributed by atoms with Crippen LogP contribution in [-0.4, -0.2) is 36.7 Å². The Balaban J connectivity index is 2.12. The summed E-state index contributed by atoms with van der Waals surface area (Å²) in [4.78, 5) is 13.5. The number of benzene rings is 1. The Morgan fingerprint density at radius 3 is 2.46 bits per heavy atom. The second-order valence-electron chi connectivity index (χ2n) is 5.98. The predicted molar refractivity (Wildman–Crippen MR) is 97.3 cm³/mol. The molecule has 0 spiro atoms. The first-order valence-corrected chi connectivity index (χ1v) is 11.1. The SMILES string of the molecule is COc1cc(CCNC(=O)OC(C)(C)C)c2c(c1OC)SS(=O)S2. The summed E-state index contributed by atoms with van der Waals surface area (Å²) in [6, 6.07) is 1.87. The van der Waals surface area contributed by atoms with E-state index in [4.69, 9.17) is 14.2 Å². The van der Waals surface area contributed by atoms with Crippen molar-refractivity contribution in [2.75, 3.05) is 20.8 Å². The van der Waals surface area contributed by atoms with Crippen LogP contribution < -0.4 is 14.8 Å². The van der Waals surface area contributed by atoms with Crippen LogP contribution in [0, 0.1) is 0 Å². The molecule has 24 heavy (non-hydrogen) atoms. The predicted octanol–water partition coefficient (Wildman–Crippen LogP) is 3.55. The summed E-state index contributed by atoms with van der Waals surface area (Å²) >= 11 is 0. The molecule has 1 amide bonds. The van der Waals surface area contributed by atoms with Crippen molar-refractivity contribution in [1.82, 2.24) is 5.32 Å². The van der Waals surface area contributed by atoms with E-state index in [1.54, 1.807) is 14.2 Å². The normalized spacial score (nSPS) is 16.5. The van der Waals surface area contributed by atoms with Crippen LogP contribution in [0.25, 0.3) is 0 Å². The zero-order chi connectivity index (χ0) is 17.9. The summed E-state index contributed by atoms with van der Waals surface area (Å²) in [7, 11) is 4.58. The van der Waals surface area contributed by atoms with E-state index in [1.165, 1.54) is 21.6 Å². The molecule has 2 rings (SSSR count). The standard InChI is InChI=1S/C15H21NO5S3/c1-15(2,3)21-14(17)16-7-6-9-8-10(19-4)11(20-5)13-12(9)22-24(18)23-13/h8H,6-7H2,1-5H3,(H,16,17). The number of hydrogen-bond acceptors (Lipinski definition) is 7. The lowest BCUT2D eigenvalue weighted by molar-refractivity contribution is 0.0528. The van der Waals surface area contributed by atoms with Gasteiger partial charge in [-0.25, -0.2) is 9.00 Å². The molecule has 1 N–H and O–H groups in total. The van der Waals surface area contributed by atoms with Crippen LogP contribution >= 0.6 is 21.6 Å². The molecule has 0 radical (unpaired) electrons. The van der Waals surface area contributed by atoms with Gasteiger partial charge in [-0.3, -0.25) is 0 Å². The van der Waals surface area contributed by atoms with Crippen LogP contribution in [0.2, 0.25) is 0 Å². The first-order valence-electron chi connectivity index (χ1n) is 7.28. The number of nitrogens with one attached hydrogen (secondary N) is 1. The number of alkyl carbamates (subject to hydrolysis) is 1. The second-order valence-corrected chi connectivity index (χ2v) is 11.0. The van der Waals surface area contributed by atoms with Crippen LogP contribution in [0.15, 0.2) is 15.9 Å². The zero-order valence-corrected chi connectivity index (χ0v) is 16.7. The van der Waals surface area contributed by atoms with Crippen LogP contribution in [0.5, 0.6) is 11.5 Å². The van der Waals surface area contributed by atoms with Gasteiger partial charge in [-0.05, 0) is 60.4 Å². The van der Waals surface area contributed by atoms with Gasteiger partial charge in [0, 0.05) is 11.4 Å². The molecule has 1 heterocycles. The number of methoxy groups -OCH3 is 2. The molecule has 134 valence electrons. The van der Waals surface area contributed by atoms with E-state index in [0.29, 0.717) is 24.5 Å². The van der Waals surface area contributed by atoms with Crippen LogP contribution in [-0.2, 0) is 20.0 Å². The quantitative estimate of drug-likeness (QED) is 0.770. The van der Waals surface area contributed by atoms with Crippen molar-refractivity contribution < 1.29 is 23.2 Å². The molecule has 1 aromatic rings. The van der Waals surface area contributed by atoms with Gasteiger partial charge < -0.3 is 19.5 Å². The number of rotatable bonds is 5. The monoisotopic (exact) mass is 391 g/mol. The van der Waals surface area contributed by atoms with Gasteiger partial charge in [-0.1, -0.05) is 0 Å². The van der Waals surface area contributed by atoms with Crippen molar-refractivity contribution in [2.24, 2.45) is 0 Å². The minimum Gasteiger partial charge on any atom is -0.493 e. The van der Waals surface area contributed by atoms with Gasteiger partial charge in [0.25, 0.3) is 0 Å². The maximum atomic E-state index is 11.9. The van der Waals surface area contributed by atoms with E-state index in [0.717, 1.165) is 15.4 Å². The Morgan fingerprint density at radius 1 is 1.21 bits per heavy atom. The minimum absolute atomic E-state index is 0.411. The maximum absolute atomic E-state index is 11.9. The molecular formula is C15H21NO5S3. The highest BCUT2D eigenvalue weighted by Crippen LogP contribution is 2.55. The van der Waals surface area contributed by atoms with Gasteiger partial charge in [0.1, 0.15) is 5.60 Å². The van der Waals surface area contributed by atoms with Gasteiger partial charge in [0.2, 0.25) is 0 Å². The molecule has 1 aliphatic heterocycles. The molecule has 0 fully saturated rings. The van der Waals surface area contributed by atoms with E-state index in [2.05, 4.69) is 5.32 Å². The first kappa shape index (κ1) is 19.3. The number of carbonyl (C=O) groups is 1. The van der Waals surface area contributed by atoms with Crippen molar-refractivity contribution in [3.05, 3.63) is 11.6 Å². The second kappa shape index (κ2) is 7.88. The number of amides is 1. The lowest BCUT2D eigenvalue weighted by Gasteiger charge is -2.20. The third-order valence-electron chi connectivity index (χ3n) is 3.02. The molecule has 1 unspecified atom stereocenters. The molecule has 1 aromatic carbocycles. The molecule has 0 aliphatic carbocycles. The lowest BCUT2D eigenvalue weighted by Crippen LogP contribution is -2.33. The Kier molecular flexibility index (Phi) is 6.33. The Bertz CT molecular complexity index is 657.